The van der Waals surface area contributed by atoms with E-state index in [2.05, 4.69) is 11.8 Å². The van der Waals surface area contributed by atoms with Crippen LogP contribution in [0.4, 0.5) is 0 Å². The highest BCUT2D eigenvalue weighted by Gasteiger charge is 2.42. The first-order valence-electron chi connectivity index (χ1n) is 10.9. The van der Waals surface area contributed by atoms with Gasteiger partial charge < -0.3 is 24.1 Å². The Morgan fingerprint density at radius 2 is 1.81 bits per heavy atom. The molecule has 2 aromatic rings. The van der Waals surface area contributed by atoms with Crippen LogP contribution < -0.4 is 9.47 Å². The van der Waals surface area contributed by atoms with Gasteiger partial charge >= 0.3 is 0 Å². The van der Waals surface area contributed by atoms with E-state index in [1.807, 2.05) is 42.5 Å². The van der Waals surface area contributed by atoms with Gasteiger partial charge in [0.25, 0.3) is 0 Å². The number of benzene rings is 2. The predicted molar refractivity (Wildman–Crippen MR) is 118 cm³/mol. The largest absolute Gasteiger partial charge is 0.497 e. The summed E-state index contributed by atoms with van der Waals surface area (Å²) in [6, 6.07) is 13.7. The maximum Gasteiger partial charge on any atom is 0.158 e. The minimum absolute atomic E-state index is 0.155. The SMILES string of the molecule is COc1ccc(C2CCc3cc(OC)ccc3C2(O)C#CCOC2CCCCO2)cc1. The van der Waals surface area contributed by atoms with Crippen molar-refractivity contribution in [1.29, 1.82) is 0 Å². The second-order valence-electron chi connectivity index (χ2n) is 8.06. The lowest BCUT2D eigenvalue weighted by Gasteiger charge is -2.38. The molecule has 1 fully saturated rings. The summed E-state index contributed by atoms with van der Waals surface area (Å²) in [6.45, 7) is 0.963. The van der Waals surface area contributed by atoms with Crippen molar-refractivity contribution in [3.05, 3.63) is 59.2 Å². The van der Waals surface area contributed by atoms with Gasteiger partial charge in [-0.3, -0.25) is 0 Å². The number of hydrogen-bond acceptors (Lipinski definition) is 5. The highest BCUT2D eigenvalue weighted by atomic mass is 16.7. The molecule has 1 aliphatic heterocycles. The van der Waals surface area contributed by atoms with Crippen LogP contribution in [-0.4, -0.2) is 38.8 Å². The minimum atomic E-state index is -1.31. The van der Waals surface area contributed by atoms with Gasteiger partial charge in [-0.25, -0.2) is 0 Å². The van der Waals surface area contributed by atoms with Crippen LogP contribution in [-0.2, 0) is 21.5 Å². The molecule has 0 bridgehead atoms. The van der Waals surface area contributed by atoms with Crippen LogP contribution in [0.25, 0.3) is 0 Å². The van der Waals surface area contributed by atoms with Crippen molar-refractivity contribution in [3.63, 3.8) is 0 Å². The van der Waals surface area contributed by atoms with Crippen molar-refractivity contribution in [2.24, 2.45) is 0 Å². The molecule has 5 nitrogen and oxygen atoms in total. The molecule has 0 radical (unpaired) electrons. The number of methoxy groups -OCH3 is 2. The highest BCUT2D eigenvalue weighted by Crippen LogP contribution is 2.46. The topological polar surface area (TPSA) is 57.2 Å². The molecule has 0 spiro atoms. The lowest BCUT2D eigenvalue weighted by Crippen LogP contribution is -2.37. The van der Waals surface area contributed by atoms with Gasteiger partial charge in [0, 0.05) is 12.5 Å². The lowest BCUT2D eigenvalue weighted by atomic mass is 9.69. The molecule has 0 amide bonds. The summed E-state index contributed by atoms with van der Waals surface area (Å²) in [6.07, 6.45) is 4.51. The molecule has 0 saturated carbocycles. The third kappa shape index (κ3) is 4.72. The van der Waals surface area contributed by atoms with Gasteiger partial charge in [0.1, 0.15) is 18.1 Å². The molecular formula is C26H30O5. The summed E-state index contributed by atoms with van der Waals surface area (Å²) in [4.78, 5) is 0. The van der Waals surface area contributed by atoms with Crippen LogP contribution in [0.1, 0.15) is 48.3 Å². The fourth-order valence-electron chi connectivity index (χ4n) is 4.52. The van der Waals surface area contributed by atoms with Crippen LogP contribution >= 0.6 is 0 Å². The van der Waals surface area contributed by atoms with Gasteiger partial charge in [-0.1, -0.05) is 30.0 Å². The minimum Gasteiger partial charge on any atom is -0.497 e. The van der Waals surface area contributed by atoms with E-state index in [-0.39, 0.29) is 18.8 Å². The third-order valence-corrected chi connectivity index (χ3v) is 6.21. The Hall–Kier alpha value is -2.52. The van der Waals surface area contributed by atoms with E-state index < -0.39 is 5.60 Å². The van der Waals surface area contributed by atoms with Crippen molar-refractivity contribution in [2.75, 3.05) is 27.4 Å². The number of hydrogen-bond donors (Lipinski definition) is 1. The fraction of sp³-hybridized carbons (Fsp3) is 0.462. The average molecular weight is 423 g/mol. The van der Waals surface area contributed by atoms with E-state index in [9.17, 15) is 5.11 Å². The number of aliphatic hydroxyl groups is 1. The second-order valence-corrected chi connectivity index (χ2v) is 8.06. The molecule has 3 atom stereocenters. The Morgan fingerprint density at radius 1 is 1.03 bits per heavy atom. The standard InChI is InChI=1S/C26H30O5/c1-28-21-10-7-19(8-11-21)23-13-9-20-18-22(29-2)12-14-24(20)26(23,27)15-5-17-31-25-6-3-4-16-30-25/h7-8,10-12,14,18,23,25,27H,3-4,6,9,13,16-17H2,1-2H3. The van der Waals surface area contributed by atoms with Crippen LogP contribution in [0.3, 0.4) is 0 Å². The molecular weight excluding hydrogens is 392 g/mol. The number of aryl methyl sites for hydroxylation is 1. The van der Waals surface area contributed by atoms with Crippen LogP contribution in [0.15, 0.2) is 42.5 Å². The first kappa shape index (κ1) is 21.7. The maximum atomic E-state index is 11.9. The normalized spacial score (nSPS) is 25.1. The van der Waals surface area contributed by atoms with Crippen LogP contribution in [0.5, 0.6) is 11.5 Å². The van der Waals surface area contributed by atoms with Gasteiger partial charge in [0.05, 0.1) is 14.2 Å². The van der Waals surface area contributed by atoms with Gasteiger partial charge in [-0.05, 0) is 73.1 Å². The van der Waals surface area contributed by atoms with Crippen molar-refractivity contribution in [1.82, 2.24) is 0 Å². The molecule has 1 N–H and O–H groups in total. The van der Waals surface area contributed by atoms with Crippen LogP contribution in [0.2, 0.25) is 0 Å². The monoisotopic (exact) mass is 422 g/mol. The average Bonchev–Trinajstić information content (AvgIpc) is 2.82. The van der Waals surface area contributed by atoms with Crippen molar-refractivity contribution in [2.45, 2.75) is 49.9 Å². The maximum absolute atomic E-state index is 11.9. The molecule has 3 unspecified atom stereocenters. The van der Waals surface area contributed by atoms with Crippen molar-refractivity contribution < 1.29 is 24.1 Å². The summed E-state index contributed by atoms with van der Waals surface area (Å²) < 4.78 is 22.1. The number of ether oxygens (including phenoxy) is 4. The Bertz CT molecular complexity index is 937. The first-order valence-corrected chi connectivity index (χ1v) is 10.9. The van der Waals surface area contributed by atoms with E-state index in [0.717, 1.165) is 66.9 Å². The summed E-state index contributed by atoms with van der Waals surface area (Å²) >= 11 is 0. The van der Waals surface area contributed by atoms with E-state index in [4.69, 9.17) is 18.9 Å². The molecule has 5 heteroatoms. The Morgan fingerprint density at radius 3 is 2.52 bits per heavy atom. The van der Waals surface area contributed by atoms with Crippen molar-refractivity contribution >= 4 is 0 Å². The fourth-order valence-corrected chi connectivity index (χ4v) is 4.52. The Kier molecular flexibility index (Phi) is 6.82. The molecule has 4 rings (SSSR count). The zero-order valence-electron chi connectivity index (χ0n) is 18.2. The molecule has 31 heavy (non-hydrogen) atoms. The summed E-state index contributed by atoms with van der Waals surface area (Å²) in [5, 5.41) is 11.9. The molecule has 0 aromatic heterocycles. The number of fused-ring (bicyclic) bond motifs is 1. The summed E-state index contributed by atoms with van der Waals surface area (Å²) in [5.74, 6) is 7.66. The van der Waals surface area contributed by atoms with E-state index >= 15 is 0 Å². The second kappa shape index (κ2) is 9.74. The Labute approximate surface area is 184 Å². The quantitative estimate of drug-likeness (QED) is 0.733. The Balaban J connectivity index is 1.63. The molecule has 2 aromatic carbocycles. The smallest absolute Gasteiger partial charge is 0.158 e. The van der Waals surface area contributed by atoms with E-state index in [1.54, 1.807) is 14.2 Å². The zero-order valence-corrected chi connectivity index (χ0v) is 18.2. The lowest BCUT2D eigenvalue weighted by molar-refractivity contribution is -0.154. The van der Waals surface area contributed by atoms with Crippen molar-refractivity contribution in [3.8, 4) is 23.3 Å². The van der Waals surface area contributed by atoms with Gasteiger partial charge in [-0.2, -0.15) is 0 Å². The number of rotatable bonds is 5. The van der Waals surface area contributed by atoms with Crippen LogP contribution in [0, 0.1) is 11.8 Å². The zero-order chi connectivity index (χ0) is 21.7. The predicted octanol–water partition coefficient (Wildman–Crippen LogP) is 4.17. The van der Waals surface area contributed by atoms with E-state index in [1.165, 1.54) is 0 Å². The van der Waals surface area contributed by atoms with E-state index in [0.29, 0.717) is 0 Å². The molecule has 1 aliphatic carbocycles. The van der Waals surface area contributed by atoms with Gasteiger partial charge in [-0.15, -0.1) is 0 Å². The molecule has 2 aliphatic rings. The van der Waals surface area contributed by atoms with Gasteiger partial charge in [0.15, 0.2) is 11.9 Å². The summed E-state index contributed by atoms with van der Waals surface area (Å²) in [7, 11) is 3.30. The third-order valence-electron chi connectivity index (χ3n) is 6.21. The summed E-state index contributed by atoms with van der Waals surface area (Å²) in [5.41, 5.74) is 1.63. The first-order chi connectivity index (χ1) is 15.1. The highest BCUT2D eigenvalue weighted by molar-refractivity contribution is 5.49. The molecule has 1 heterocycles. The van der Waals surface area contributed by atoms with Gasteiger partial charge in [0.2, 0.25) is 0 Å². The molecule has 1 saturated heterocycles. The molecule has 164 valence electrons.